The molecule has 80 valence electrons. The van der Waals surface area contributed by atoms with Crippen LogP contribution in [0.1, 0.15) is 12.5 Å². The standard InChI is InChI=1S/C12H14O3/c1-10(13)7-8-12(14)15-9-11-5-3-2-4-6-11/h2-8,10,13H,9H2,1H3/b8-7-/t10-/m1/s1. The first-order chi connectivity index (χ1) is 7.18. The van der Waals surface area contributed by atoms with E-state index in [4.69, 9.17) is 9.84 Å². The maximum absolute atomic E-state index is 11.1. The molecule has 0 aliphatic heterocycles. The van der Waals surface area contributed by atoms with E-state index in [1.165, 1.54) is 12.2 Å². The lowest BCUT2D eigenvalue weighted by atomic mass is 10.2. The quantitative estimate of drug-likeness (QED) is 0.602. The Morgan fingerprint density at radius 1 is 1.47 bits per heavy atom. The molecule has 0 fully saturated rings. The average Bonchev–Trinajstić information content (AvgIpc) is 2.25. The van der Waals surface area contributed by atoms with E-state index in [1.807, 2.05) is 30.3 Å². The van der Waals surface area contributed by atoms with Crippen molar-refractivity contribution < 1.29 is 14.6 Å². The Bertz CT molecular complexity index is 328. The zero-order valence-corrected chi connectivity index (χ0v) is 8.59. The van der Waals surface area contributed by atoms with E-state index in [0.717, 1.165) is 5.56 Å². The fourth-order valence-electron chi connectivity index (χ4n) is 0.995. The topological polar surface area (TPSA) is 46.5 Å². The summed E-state index contributed by atoms with van der Waals surface area (Å²) in [7, 11) is 0. The molecule has 0 radical (unpaired) electrons. The molecule has 0 heterocycles. The normalized spacial score (nSPS) is 12.7. The maximum Gasteiger partial charge on any atom is 0.330 e. The molecule has 0 amide bonds. The van der Waals surface area contributed by atoms with Crippen LogP contribution in [0.25, 0.3) is 0 Å². The molecule has 1 aromatic rings. The van der Waals surface area contributed by atoms with Gasteiger partial charge >= 0.3 is 5.97 Å². The molecule has 3 nitrogen and oxygen atoms in total. The van der Waals surface area contributed by atoms with Crippen LogP contribution in [0.3, 0.4) is 0 Å². The minimum atomic E-state index is -0.630. The van der Waals surface area contributed by atoms with Gasteiger partial charge in [-0.15, -0.1) is 0 Å². The van der Waals surface area contributed by atoms with Crippen LogP contribution in [0.4, 0.5) is 0 Å². The predicted octanol–water partition coefficient (Wildman–Crippen LogP) is 1.67. The van der Waals surface area contributed by atoms with E-state index < -0.39 is 12.1 Å². The third-order valence-electron chi connectivity index (χ3n) is 1.73. The van der Waals surface area contributed by atoms with Crippen LogP contribution in [0.2, 0.25) is 0 Å². The summed E-state index contributed by atoms with van der Waals surface area (Å²) in [5, 5.41) is 8.89. The smallest absolute Gasteiger partial charge is 0.330 e. The highest BCUT2D eigenvalue weighted by Gasteiger charge is 1.98. The number of benzene rings is 1. The van der Waals surface area contributed by atoms with Gasteiger partial charge in [0.05, 0.1) is 6.10 Å². The monoisotopic (exact) mass is 206 g/mol. The van der Waals surface area contributed by atoms with Gasteiger partial charge in [0.1, 0.15) is 6.61 Å². The van der Waals surface area contributed by atoms with Crippen LogP contribution < -0.4 is 0 Å². The third-order valence-corrected chi connectivity index (χ3v) is 1.73. The highest BCUT2D eigenvalue weighted by molar-refractivity contribution is 5.81. The van der Waals surface area contributed by atoms with Crippen molar-refractivity contribution in [1.29, 1.82) is 0 Å². The summed E-state index contributed by atoms with van der Waals surface area (Å²) in [6.07, 6.45) is 1.98. The van der Waals surface area contributed by atoms with Crippen LogP contribution in [0.15, 0.2) is 42.5 Å². The summed E-state index contributed by atoms with van der Waals surface area (Å²) in [6.45, 7) is 1.82. The molecule has 0 aromatic heterocycles. The summed E-state index contributed by atoms with van der Waals surface area (Å²) in [4.78, 5) is 11.1. The number of carbonyl (C=O) groups is 1. The van der Waals surface area contributed by atoms with Crippen molar-refractivity contribution in [3.05, 3.63) is 48.0 Å². The van der Waals surface area contributed by atoms with Crippen molar-refractivity contribution in [1.82, 2.24) is 0 Å². The van der Waals surface area contributed by atoms with Crippen molar-refractivity contribution in [2.24, 2.45) is 0 Å². The highest BCUT2D eigenvalue weighted by atomic mass is 16.5. The zero-order valence-electron chi connectivity index (χ0n) is 8.59. The molecule has 1 rings (SSSR count). The molecular weight excluding hydrogens is 192 g/mol. The van der Waals surface area contributed by atoms with Crippen molar-refractivity contribution >= 4 is 5.97 Å². The Morgan fingerprint density at radius 3 is 2.73 bits per heavy atom. The molecule has 3 heteroatoms. The van der Waals surface area contributed by atoms with E-state index in [1.54, 1.807) is 6.92 Å². The molecule has 1 N–H and O–H groups in total. The second-order valence-electron chi connectivity index (χ2n) is 3.19. The minimum absolute atomic E-state index is 0.254. The summed E-state index contributed by atoms with van der Waals surface area (Å²) in [5.41, 5.74) is 0.941. The summed E-state index contributed by atoms with van der Waals surface area (Å²) in [6, 6.07) is 9.43. The number of ether oxygens (including phenoxy) is 1. The van der Waals surface area contributed by atoms with E-state index in [-0.39, 0.29) is 6.61 Å². The molecule has 15 heavy (non-hydrogen) atoms. The SMILES string of the molecule is C[C@@H](O)/C=C\C(=O)OCc1ccccc1. The summed E-state index contributed by atoms with van der Waals surface area (Å²) >= 11 is 0. The van der Waals surface area contributed by atoms with Gasteiger partial charge in [0.2, 0.25) is 0 Å². The first kappa shape index (κ1) is 11.5. The van der Waals surface area contributed by atoms with Crippen molar-refractivity contribution in [3.8, 4) is 0 Å². The molecule has 0 bridgehead atoms. The first-order valence-corrected chi connectivity index (χ1v) is 4.75. The van der Waals surface area contributed by atoms with E-state index in [9.17, 15) is 4.79 Å². The van der Waals surface area contributed by atoms with Gasteiger partial charge in [-0.25, -0.2) is 4.79 Å². The first-order valence-electron chi connectivity index (χ1n) is 4.75. The van der Waals surface area contributed by atoms with Gasteiger partial charge in [-0.1, -0.05) is 30.3 Å². The Labute approximate surface area is 89.0 Å². The fourth-order valence-corrected chi connectivity index (χ4v) is 0.995. The van der Waals surface area contributed by atoms with Crippen molar-refractivity contribution in [2.45, 2.75) is 19.6 Å². The van der Waals surface area contributed by atoms with Crippen LogP contribution >= 0.6 is 0 Å². The van der Waals surface area contributed by atoms with Gasteiger partial charge in [-0.2, -0.15) is 0 Å². The summed E-state index contributed by atoms with van der Waals surface area (Å²) < 4.78 is 4.94. The number of aliphatic hydroxyl groups excluding tert-OH is 1. The lowest BCUT2D eigenvalue weighted by molar-refractivity contribution is -0.139. The largest absolute Gasteiger partial charge is 0.458 e. The van der Waals surface area contributed by atoms with E-state index in [2.05, 4.69) is 0 Å². The van der Waals surface area contributed by atoms with Crippen molar-refractivity contribution in [3.63, 3.8) is 0 Å². The lowest BCUT2D eigenvalue weighted by Crippen LogP contribution is -2.02. The van der Waals surface area contributed by atoms with Crippen LogP contribution in [-0.2, 0) is 16.1 Å². The second kappa shape index (κ2) is 5.98. The molecule has 1 aromatic carbocycles. The average molecular weight is 206 g/mol. The maximum atomic E-state index is 11.1. The minimum Gasteiger partial charge on any atom is -0.458 e. The van der Waals surface area contributed by atoms with Gasteiger partial charge in [0.25, 0.3) is 0 Å². The van der Waals surface area contributed by atoms with Gasteiger partial charge in [0, 0.05) is 6.08 Å². The predicted molar refractivity (Wildman–Crippen MR) is 57.1 cm³/mol. The number of esters is 1. The highest BCUT2D eigenvalue weighted by Crippen LogP contribution is 2.00. The Balaban J connectivity index is 2.35. The zero-order chi connectivity index (χ0) is 11.1. The molecule has 0 saturated carbocycles. The van der Waals surface area contributed by atoms with Gasteiger partial charge < -0.3 is 9.84 Å². The Hall–Kier alpha value is -1.61. The molecular formula is C12H14O3. The molecule has 0 aliphatic rings. The molecule has 1 atom stereocenters. The molecule has 0 unspecified atom stereocenters. The van der Waals surface area contributed by atoms with Crippen molar-refractivity contribution in [2.75, 3.05) is 0 Å². The van der Waals surface area contributed by atoms with Crippen LogP contribution in [0.5, 0.6) is 0 Å². The fraction of sp³-hybridized carbons (Fsp3) is 0.250. The third kappa shape index (κ3) is 4.98. The Kier molecular flexibility index (Phi) is 4.57. The van der Waals surface area contributed by atoms with E-state index in [0.29, 0.717) is 0 Å². The second-order valence-corrected chi connectivity index (χ2v) is 3.19. The summed E-state index contributed by atoms with van der Waals surface area (Å²) in [5.74, 6) is -0.445. The van der Waals surface area contributed by atoms with Gasteiger partial charge in [-0.05, 0) is 18.6 Å². The number of hydrogen-bond donors (Lipinski definition) is 1. The molecule has 0 spiro atoms. The number of hydrogen-bond acceptors (Lipinski definition) is 3. The van der Waals surface area contributed by atoms with Crippen LogP contribution in [-0.4, -0.2) is 17.2 Å². The van der Waals surface area contributed by atoms with Gasteiger partial charge in [0.15, 0.2) is 0 Å². The number of rotatable bonds is 4. The Morgan fingerprint density at radius 2 is 2.13 bits per heavy atom. The molecule has 0 saturated heterocycles. The lowest BCUT2D eigenvalue weighted by Gasteiger charge is -2.01. The van der Waals surface area contributed by atoms with E-state index >= 15 is 0 Å². The number of carbonyl (C=O) groups excluding carboxylic acids is 1. The number of aliphatic hydroxyl groups is 1. The van der Waals surface area contributed by atoms with Crippen LogP contribution in [0, 0.1) is 0 Å². The molecule has 0 aliphatic carbocycles. The van der Waals surface area contributed by atoms with Gasteiger partial charge in [-0.3, -0.25) is 0 Å².